The fraction of sp³-hybridized carbons (Fsp3) is 0.0909. The molecule has 19 heavy (non-hydrogen) atoms. The van der Waals surface area contributed by atoms with Gasteiger partial charge in [-0.05, 0) is 22.6 Å². The first-order valence-corrected chi connectivity index (χ1v) is 5.41. The molecule has 1 aromatic carbocycles. The average molecular weight is 258 g/mol. The second-order valence-electron chi connectivity index (χ2n) is 3.70. The topological polar surface area (TPSA) is 100 Å². The molecule has 0 aliphatic rings. The Balaban J connectivity index is 2.03. The first kappa shape index (κ1) is 11.2. The van der Waals surface area contributed by atoms with Crippen LogP contribution in [0.15, 0.2) is 30.6 Å². The van der Waals surface area contributed by atoms with E-state index in [2.05, 4.69) is 20.5 Å². The van der Waals surface area contributed by atoms with Crippen LogP contribution in [-0.4, -0.2) is 32.1 Å². The molecule has 0 saturated heterocycles. The van der Waals surface area contributed by atoms with Gasteiger partial charge in [-0.1, -0.05) is 0 Å². The molecule has 0 spiro atoms. The second-order valence-corrected chi connectivity index (χ2v) is 3.70. The van der Waals surface area contributed by atoms with Crippen molar-refractivity contribution in [3.63, 3.8) is 0 Å². The highest BCUT2D eigenvalue weighted by Crippen LogP contribution is 2.30. The first-order valence-electron chi connectivity index (χ1n) is 5.41. The number of methoxy groups -OCH3 is 1. The van der Waals surface area contributed by atoms with Crippen molar-refractivity contribution in [1.82, 2.24) is 25.0 Å². The summed E-state index contributed by atoms with van der Waals surface area (Å²) >= 11 is 0. The largest absolute Gasteiger partial charge is 0.497 e. The van der Waals surface area contributed by atoms with Crippen LogP contribution in [0.5, 0.6) is 17.4 Å². The van der Waals surface area contributed by atoms with Crippen LogP contribution in [0.2, 0.25) is 0 Å². The molecule has 96 valence electrons. The Hall–Kier alpha value is -2.90. The number of benzene rings is 1. The molecule has 8 heteroatoms. The third-order valence-electron chi connectivity index (χ3n) is 2.51. The lowest BCUT2D eigenvalue weighted by Crippen LogP contribution is -1.99. The van der Waals surface area contributed by atoms with Crippen molar-refractivity contribution in [2.75, 3.05) is 12.8 Å². The van der Waals surface area contributed by atoms with E-state index < -0.39 is 0 Å². The Morgan fingerprint density at radius 3 is 3.00 bits per heavy atom. The third kappa shape index (κ3) is 1.99. The highest BCUT2D eigenvalue weighted by atomic mass is 16.5. The van der Waals surface area contributed by atoms with Crippen LogP contribution in [0.25, 0.3) is 5.65 Å². The van der Waals surface area contributed by atoms with Crippen LogP contribution in [-0.2, 0) is 0 Å². The lowest BCUT2D eigenvalue weighted by atomic mass is 10.3. The lowest BCUT2D eigenvalue weighted by molar-refractivity contribution is 0.405. The number of nitrogen functional groups attached to an aromatic ring is 1. The van der Waals surface area contributed by atoms with E-state index >= 15 is 0 Å². The van der Waals surface area contributed by atoms with Gasteiger partial charge in [-0.3, -0.25) is 4.98 Å². The predicted octanol–water partition coefficient (Wildman–Crippen LogP) is 0.902. The van der Waals surface area contributed by atoms with Gasteiger partial charge in [0.1, 0.15) is 5.75 Å². The quantitative estimate of drug-likeness (QED) is 0.696. The fourth-order valence-corrected chi connectivity index (χ4v) is 1.57. The van der Waals surface area contributed by atoms with Crippen LogP contribution in [0.3, 0.4) is 0 Å². The fourth-order valence-electron chi connectivity index (χ4n) is 1.57. The van der Waals surface area contributed by atoms with Crippen LogP contribution in [0, 0.1) is 0 Å². The molecule has 0 radical (unpaired) electrons. The summed E-state index contributed by atoms with van der Waals surface area (Å²) in [7, 11) is 1.57. The molecule has 3 rings (SSSR count). The minimum Gasteiger partial charge on any atom is -0.497 e. The molecule has 2 aromatic heterocycles. The van der Waals surface area contributed by atoms with Gasteiger partial charge >= 0.3 is 0 Å². The molecule has 0 aliphatic heterocycles. The minimum atomic E-state index is 0.363. The van der Waals surface area contributed by atoms with Crippen LogP contribution in [0.4, 0.5) is 5.69 Å². The van der Waals surface area contributed by atoms with E-state index in [1.807, 2.05) is 0 Å². The number of tetrazole rings is 1. The van der Waals surface area contributed by atoms with Crippen molar-refractivity contribution in [3.05, 3.63) is 30.6 Å². The molecule has 3 aromatic rings. The van der Waals surface area contributed by atoms with Crippen LogP contribution in [0.1, 0.15) is 0 Å². The molecule has 0 fully saturated rings. The van der Waals surface area contributed by atoms with Crippen molar-refractivity contribution >= 4 is 11.3 Å². The van der Waals surface area contributed by atoms with E-state index in [0.29, 0.717) is 28.7 Å². The highest BCUT2D eigenvalue weighted by molar-refractivity contribution is 5.56. The highest BCUT2D eigenvalue weighted by Gasteiger charge is 2.09. The van der Waals surface area contributed by atoms with E-state index in [1.165, 1.54) is 16.9 Å². The van der Waals surface area contributed by atoms with E-state index in [1.54, 1.807) is 25.3 Å². The van der Waals surface area contributed by atoms with Crippen molar-refractivity contribution in [2.45, 2.75) is 0 Å². The van der Waals surface area contributed by atoms with Crippen molar-refractivity contribution in [1.29, 1.82) is 0 Å². The number of nitrogens with zero attached hydrogens (tertiary/aromatic N) is 5. The second kappa shape index (κ2) is 4.41. The van der Waals surface area contributed by atoms with Gasteiger partial charge in [0.05, 0.1) is 25.2 Å². The number of nitrogens with two attached hydrogens (primary N) is 1. The summed E-state index contributed by atoms with van der Waals surface area (Å²) in [5.74, 6) is 1.45. The number of anilines is 1. The van der Waals surface area contributed by atoms with Crippen molar-refractivity contribution in [2.24, 2.45) is 0 Å². The molecule has 2 heterocycles. The van der Waals surface area contributed by atoms with Gasteiger partial charge in [-0.25, -0.2) is 0 Å². The Kier molecular flexibility index (Phi) is 2.60. The molecule has 0 amide bonds. The first-order chi connectivity index (χ1) is 9.28. The van der Waals surface area contributed by atoms with Crippen molar-refractivity contribution < 1.29 is 9.47 Å². The van der Waals surface area contributed by atoms with E-state index in [4.69, 9.17) is 15.2 Å². The summed E-state index contributed by atoms with van der Waals surface area (Å²) < 4.78 is 12.2. The molecular weight excluding hydrogens is 248 g/mol. The van der Waals surface area contributed by atoms with Gasteiger partial charge in [0.2, 0.25) is 11.5 Å². The predicted molar refractivity (Wildman–Crippen MR) is 66.1 cm³/mol. The monoisotopic (exact) mass is 258 g/mol. The summed E-state index contributed by atoms with van der Waals surface area (Å²) in [5, 5.41) is 11.1. The molecule has 0 bridgehead atoms. The smallest absolute Gasteiger partial charge is 0.242 e. The number of ether oxygens (including phenoxy) is 2. The Bertz CT molecular complexity index is 726. The maximum Gasteiger partial charge on any atom is 0.242 e. The number of hydrogen-bond acceptors (Lipinski definition) is 7. The van der Waals surface area contributed by atoms with Gasteiger partial charge in [-0.2, -0.15) is 4.52 Å². The average Bonchev–Trinajstić information content (AvgIpc) is 2.90. The Morgan fingerprint density at radius 2 is 2.16 bits per heavy atom. The van der Waals surface area contributed by atoms with E-state index in [9.17, 15) is 0 Å². The van der Waals surface area contributed by atoms with Crippen molar-refractivity contribution in [3.8, 4) is 17.4 Å². The zero-order valence-electron chi connectivity index (χ0n) is 10.0. The summed E-state index contributed by atoms with van der Waals surface area (Å²) in [5.41, 5.74) is 6.81. The maximum atomic E-state index is 5.85. The van der Waals surface area contributed by atoms with E-state index in [0.717, 1.165) is 0 Å². The maximum absolute atomic E-state index is 5.85. The summed E-state index contributed by atoms with van der Waals surface area (Å²) in [6.07, 6.45) is 3.03. The number of hydrogen-bond donors (Lipinski definition) is 1. The molecule has 0 saturated carbocycles. The molecular formula is C11H10N6O2. The summed E-state index contributed by atoms with van der Waals surface area (Å²) in [4.78, 5) is 3.99. The molecule has 0 atom stereocenters. The van der Waals surface area contributed by atoms with Gasteiger partial charge < -0.3 is 15.2 Å². The van der Waals surface area contributed by atoms with Gasteiger partial charge in [0, 0.05) is 6.07 Å². The number of rotatable bonds is 3. The third-order valence-corrected chi connectivity index (χ3v) is 2.51. The van der Waals surface area contributed by atoms with Crippen LogP contribution >= 0.6 is 0 Å². The molecule has 0 unspecified atom stereocenters. The Labute approximate surface area is 107 Å². The SMILES string of the molecule is COc1ccc(N)c(Oc2cncc3nnnn23)c1. The van der Waals surface area contributed by atoms with Gasteiger partial charge in [0.25, 0.3) is 0 Å². The standard InChI is InChI=1S/C11H10N6O2/c1-18-7-2-3-8(12)9(4-7)19-11-6-13-5-10-14-15-16-17(10)11/h2-6H,12H2,1H3. The Morgan fingerprint density at radius 1 is 1.26 bits per heavy atom. The summed E-state index contributed by atoms with van der Waals surface area (Å²) in [6, 6.07) is 5.12. The lowest BCUT2D eigenvalue weighted by Gasteiger charge is -2.09. The van der Waals surface area contributed by atoms with Crippen LogP contribution < -0.4 is 15.2 Å². The normalized spacial score (nSPS) is 10.6. The molecule has 0 aliphatic carbocycles. The molecule has 8 nitrogen and oxygen atoms in total. The number of aromatic nitrogens is 5. The van der Waals surface area contributed by atoms with Gasteiger partial charge in [0.15, 0.2) is 5.75 Å². The zero-order chi connectivity index (χ0) is 13.2. The minimum absolute atomic E-state index is 0.363. The number of fused-ring (bicyclic) bond motifs is 1. The molecule has 2 N–H and O–H groups in total. The van der Waals surface area contributed by atoms with E-state index in [-0.39, 0.29) is 0 Å². The van der Waals surface area contributed by atoms with Gasteiger partial charge in [-0.15, -0.1) is 5.10 Å². The zero-order valence-corrected chi connectivity index (χ0v) is 10.0. The summed E-state index contributed by atoms with van der Waals surface area (Å²) in [6.45, 7) is 0.